The Morgan fingerprint density at radius 3 is 1.71 bits per heavy atom. The largest absolute Gasteiger partial charge is 2.00 e. The van der Waals surface area contributed by atoms with Crippen molar-refractivity contribution in [2.75, 3.05) is 0 Å². The number of carbonyl (C=O) groups excluding carboxylic acids is 1. The van der Waals surface area contributed by atoms with Gasteiger partial charge >= 0.3 is 43.7 Å². The van der Waals surface area contributed by atoms with E-state index in [0.717, 1.165) is 44.1 Å². The van der Waals surface area contributed by atoms with Gasteiger partial charge in [-0.05, 0) is 55.0 Å². The molecule has 35 heavy (non-hydrogen) atoms. The van der Waals surface area contributed by atoms with Gasteiger partial charge in [-0.3, -0.25) is 0 Å². The van der Waals surface area contributed by atoms with E-state index in [2.05, 4.69) is 13.8 Å². The molecule has 2 N–H and O–H groups in total. The van der Waals surface area contributed by atoms with Gasteiger partial charge in [-0.15, -0.1) is 5.75 Å². The monoisotopic (exact) mass is 510 g/mol. The standard InChI is InChI=1S/2C14H20O3.Ca/c2*1-2-3-4-5-6-7-11-10-12(15)8-9-13(11)14(16)17;/h2*8-10,15H,2-7H2,1H3,(H,16,17);/q;;+2/p-2. The maximum Gasteiger partial charge on any atom is 2.00 e. The van der Waals surface area contributed by atoms with Crippen LogP contribution in [0.15, 0.2) is 36.4 Å². The number of benzene rings is 2. The van der Waals surface area contributed by atoms with Gasteiger partial charge in [0.1, 0.15) is 5.75 Å². The predicted octanol–water partition coefficient (Wildman–Crippen LogP) is 4.86. The Labute approximate surface area is 239 Å². The van der Waals surface area contributed by atoms with Gasteiger partial charge in [-0.25, -0.2) is 4.79 Å². The van der Waals surface area contributed by atoms with Gasteiger partial charge in [0, 0.05) is 5.56 Å². The maximum absolute atomic E-state index is 11.2. The molecule has 0 heterocycles. The molecular weight excluding hydrogens is 472 g/mol. The van der Waals surface area contributed by atoms with Crippen molar-refractivity contribution in [2.45, 2.75) is 90.9 Å². The van der Waals surface area contributed by atoms with Crippen LogP contribution in [0, 0.1) is 0 Å². The summed E-state index contributed by atoms with van der Waals surface area (Å²) in [5.41, 5.74) is 1.79. The number of hydrogen-bond donors (Lipinski definition) is 2. The molecular formula is C28H38CaO6. The molecule has 0 spiro atoms. The van der Waals surface area contributed by atoms with Crippen LogP contribution in [0.2, 0.25) is 0 Å². The zero-order valence-corrected chi connectivity index (χ0v) is 23.4. The Bertz CT molecular complexity index is 824. The van der Waals surface area contributed by atoms with Crippen LogP contribution in [0.25, 0.3) is 0 Å². The van der Waals surface area contributed by atoms with Gasteiger partial charge in [-0.2, -0.15) is 0 Å². The zero-order valence-electron chi connectivity index (χ0n) is 21.2. The molecule has 0 saturated carbocycles. The summed E-state index contributed by atoms with van der Waals surface area (Å²) in [6.07, 6.45) is 12.6. The van der Waals surface area contributed by atoms with Gasteiger partial charge < -0.3 is 25.2 Å². The topological polar surface area (TPSA) is 121 Å². The number of hydrogen-bond acceptors (Lipinski definition) is 5. The number of aryl methyl sites for hydroxylation is 2. The molecule has 0 unspecified atom stereocenters. The van der Waals surface area contributed by atoms with Crippen molar-refractivity contribution in [3.05, 3.63) is 58.7 Å². The number of phenols is 1. The van der Waals surface area contributed by atoms with Crippen LogP contribution in [-0.2, 0) is 12.8 Å². The summed E-state index contributed by atoms with van der Waals surface area (Å²) < 4.78 is 0. The molecule has 2 aromatic carbocycles. The number of phenolic OH excluding ortho intramolecular Hbond substituents is 1. The summed E-state index contributed by atoms with van der Waals surface area (Å²) in [4.78, 5) is 21.8. The summed E-state index contributed by atoms with van der Waals surface area (Å²) in [5.74, 6) is -2.13. The Morgan fingerprint density at radius 1 is 0.743 bits per heavy atom. The molecule has 0 atom stereocenters. The molecule has 188 valence electrons. The fraction of sp³-hybridized carbons (Fsp3) is 0.500. The summed E-state index contributed by atoms with van der Waals surface area (Å²) >= 11 is 0. The Morgan fingerprint density at radius 2 is 1.23 bits per heavy atom. The predicted molar refractivity (Wildman–Crippen MR) is 136 cm³/mol. The number of aromatic hydroxyl groups is 1. The third-order valence-corrected chi connectivity index (χ3v) is 5.72. The average Bonchev–Trinajstić information content (AvgIpc) is 2.79. The van der Waals surface area contributed by atoms with Crippen LogP contribution in [0.3, 0.4) is 0 Å². The van der Waals surface area contributed by atoms with Gasteiger partial charge in [-0.1, -0.05) is 83.4 Å². The molecule has 0 bridgehead atoms. The molecule has 7 heteroatoms. The minimum absolute atomic E-state index is 0. The normalized spacial score (nSPS) is 10.1. The molecule has 0 aliphatic rings. The maximum atomic E-state index is 11.2. The van der Waals surface area contributed by atoms with Gasteiger partial charge in [0.15, 0.2) is 0 Å². The van der Waals surface area contributed by atoms with E-state index in [1.807, 2.05) is 0 Å². The fourth-order valence-corrected chi connectivity index (χ4v) is 3.81. The number of rotatable bonds is 14. The van der Waals surface area contributed by atoms with E-state index < -0.39 is 11.9 Å². The third-order valence-electron chi connectivity index (χ3n) is 5.72. The second-order valence-corrected chi connectivity index (χ2v) is 8.58. The molecule has 0 aliphatic heterocycles. The van der Waals surface area contributed by atoms with E-state index in [9.17, 15) is 24.9 Å². The van der Waals surface area contributed by atoms with E-state index in [1.54, 1.807) is 6.07 Å². The first kappa shape index (κ1) is 33.2. The van der Waals surface area contributed by atoms with Crippen molar-refractivity contribution in [3.8, 4) is 11.5 Å². The summed E-state index contributed by atoms with van der Waals surface area (Å²) in [7, 11) is 0. The molecule has 0 amide bonds. The smallest absolute Gasteiger partial charge is 0.872 e. The zero-order chi connectivity index (χ0) is 25.3. The fourth-order valence-electron chi connectivity index (χ4n) is 3.81. The van der Waals surface area contributed by atoms with Crippen molar-refractivity contribution < 1.29 is 30.0 Å². The van der Waals surface area contributed by atoms with E-state index in [0.29, 0.717) is 17.5 Å². The van der Waals surface area contributed by atoms with Crippen molar-refractivity contribution in [1.82, 2.24) is 0 Å². The van der Waals surface area contributed by atoms with Crippen molar-refractivity contribution >= 4 is 49.7 Å². The first-order valence-corrected chi connectivity index (χ1v) is 12.4. The molecule has 0 fully saturated rings. The molecule has 0 aromatic heterocycles. The van der Waals surface area contributed by atoms with Crippen molar-refractivity contribution in [3.63, 3.8) is 0 Å². The van der Waals surface area contributed by atoms with Crippen LogP contribution in [0.1, 0.15) is 110 Å². The molecule has 0 saturated heterocycles. The molecule has 0 aliphatic carbocycles. The van der Waals surface area contributed by atoms with E-state index in [1.165, 1.54) is 62.4 Å². The van der Waals surface area contributed by atoms with Crippen molar-refractivity contribution in [2.24, 2.45) is 0 Å². The number of carbonyl (C=O) groups is 2. The van der Waals surface area contributed by atoms with E-state index in [-0.39, 0.29) is 54.8 Å². The van der Waals surface area contributed by atoms with E-state index in [4.69, 9.17) is 5.11 Å². The van der Waals surface area contributed by atoms with Gasteiger partial charge in [0.05, 0.1) is 11.5 Å². The first-order chi connectivity index (χ1) is 16.3. The second-order valence-electron chi connectivity index (χ2n) is 8.58. The van der Waals surface area contributed by atoms with E-state index >= 15 is 0 Å². The van der Waals surface area contributed by atoms with Crippen LogP contribution < -0.4 is 10.2 Å². The van der Waals surface area contributed by atoms with Crippen LogP contribution in [-0.4, -0.2) is 59.9 Å². The number of carboxylic acid groups (broad SMARTS) is 2. The first-order valence-electron chi connectivity index (χ1n) is 12.4. The van der Waals surface area contributed by atoms with Crippen LogP contribution in [0.4, 0.5) is 0 Å². The summed E-state index contributed by atoms with van der Waals surface area (Å²) in [6, 6.07) is 8.47. The number of aromatic carboxylic acids is 2. The Balaban J connectivity index is 0.000000642. The quantitative estimate of drug-likeness (QED) is 0.277. The SMILES string of the molecule is CCCCCCCc1cc(O)ccc1C(=O)O.CCCCCCCc1cc([O-])ccc1C(=O)[O-].[Ca+2]. The van der Waals surface area contributed by atoms with Gasteiger partial charge in [0.2, 0.25) is 0 Å². The number of carboxylic acids is 2. The number of unbranched alkanes of at least 4 members (excludes halogenated alkanes) is 8. The van der Waals surface area contributed by atoms with Crippen LogP contribution in [0.5, 0.6) is 11.5 Å². The third kappa shape index (κ3) is 13.8. The Kier molecular flexibility index (Phi) is 18.5. The minimum atomic E-state index is -1.20. The van der Waals surface area contributed by atoms with Gasteiger partial charge in [0.25, 0.3) is 0 Å². The second kappa shape index (κ2) is 19.4. The Hall–Kier alpha value is -1.76. The summed E-state index contributed by atoms with van der Waals surface area (Å²) in [6.45, 7) is 4.31. The summed E-state index contributed by atoms with van der Waals surface area (Å²) in [5, 5.41) is 40.4. The van der Waals surface area contributed by atoms with Crippen molar-refractivity contribution in [1.29, 1.82) is 0 Å². The average molecular weight is 511 g/mol. The molecule has 6 nitrogen and oxygen atoms in total. The minimum Gasteiger partial charge on any atom is -0.872 e. The molecule has 2 aromatic rings. The molecule has 2 rings (SSSR count). The van der Waals surface area contributed by atoms with Crippen LogP contribution >= 0.6 is 0 Å². The molecule has 0 radical (unpaired) electrons.